The molecule has 0 saturated carbocycles. The van der Waals surface area contributed by atoms with Gasteiger partial charge in [-0.3, -0.25) is 4.79 Å². The summed E-state index contributed by atoms with van der Waals surface area (Å²) in [6.45, 7) is 2.84. The van der Waals surface area contributed by atoms with E-state index < -0.39 is 17.6 Å². The first-order valence-electron chi connectivity index (χ1n) is 5.96. The summed E-state index contributed by atoms with van der Waals surface area (Å²) in [5, 5.41) is 0. The molecule has 0 spiro atoms. The molecule has 3 nitrogen and oxygen atoms in total. The van der Waals surface area contributed by atoms with Crippen molar-refractivity contribution in [2.45, 2.75) is 13.1 Å². The summed E-state index contributed by atoms with van der Waals surface area (Å²) in [7, 11) is 1.50. The number of benzene rings is 1. The largest absolute Gasteiger partial charge is 0.417 e. The third-order valence-corrected chi connectivity index (χ3v) is 3.44. The molecule has 20 heavy (non-hydrogen) atoms. The summed E-state index contributed by atoms with van der Waals surface area (Å²) in [5.74, 6) is -0.442. The lowest BCUT2D eigenvalue weighted by atomic mass is 10.1. The first kappa shape index (κ1) is 17.0. The van der Waals surface area contributed by atoms with Crippen molar-refractivity contribution in [3.63, 3.8) is 0 Å². The normalized spacial score (nSPS) is 11.5. The average molecular weight is 354 g/mol. The predicted molar refractivity (Wildman–Crippen MR) is 72.6 cm³/mol. The van der Waals surface area contributed by atoms with Gasteiger partial charge in [-0.15, -0.1) is 0 Å². The second-order valence-electron chi connectivity index (χ2n) is 4.07. The Morgan fingerprint density at radius 2 is 2.05 bits per heavy atom. The van der Waals surface area contributed by atoms with Crippen molar-refractivity contribution in [3.8, 4) is 0 Å². The van der Waals surface area contributed by atoms with Crippen LogP contribution in [0.15, 0.2) is 22.7 Å². The van der Waals surface area contributed by atoms with Gasteiger partial charge in [0.1, 0.15) is 0 Å². The number of likely N-dealkylation sites (N-methyl/N-ethyl adjacent to an activating group) is 1. The van der Waals surface area contributed by atoms with E-state index in [1.165, 1.54) is 24.1 Å². The molecule has 0 aromatic heterocycles. The second-order valence-corrected chi connectivity index (χ2v) is 4.92. The van der Waals surface area contributed by atoms with Crippen molar-refractivity contribution in [2.75, 3.05) is 26.8 Å². The van der Waals surface area contributed by atoms with Crippen LogP contribution in [0, 0.1) is 0 Å². The van der Waals surface area contributed by atoms with Gasteiger partial charge >= 0.3 is 6.18 Å². The third kappa shape index (κ3) is 4.21. The minimum absolute atomic E-state index is 0.0125. The number of nitrogens with zero attached hydrogens (tertiary/aromatic N) is 1. The maximum Gasteiger partial charge on any atom is 0.417 e. The summed E-state index contributed by atoms with van der Waals surface area (Å²) in [6, 6.07) is 3.47. The number of rotatable bonds is 5. The molecule has 0 bridgehead atoms. The van der Waals surface area contributed by atoms with E-state index in [1.807, 2.05) is 0 Å². The molecule has 1 aromatic carbocycles. The van der Waals surface area contributed by atoms with Crippen LogP contribution in [0.2, 0.25) is 0 Å². The van der Waals surface area contributed by atoms with Gasteiger partial charge in [-0.25, -0.2) is 0 Å². The van der Waals surface area contributed by atoms with Crippen LogP contribution in [0.3, 0.4) is 0 Å². The molecule has 0 fully saturated rings. The van der Waals surface area contributed by atoms with Crippen molar-refractivity contribution < 1.29 is 22.7 Å². The van der Waals surface area contributed by atoms with Gasteiger partial charge in [0.2, 0.25) is 0 Å². The van der Waals surface area contributed by atoms with E-state index in [-0.39, 0.29) is 10.0 Å². The van der Waals surface area contributed by atoms with E-state index in [0.717, 1.165) is 6.07 Å². The Morgan fingerprint density at radius 3 is 2.55 bits per heavy atom. The Hall–Kier alpha value is -1.08. The van der Waals surface area contributed by atoms with Crippen LogP contribution < -0.4 is 0 Å². The van der Waals surface area contributed by atoms with E-state index in [2.05, 4.69) is 15.9 Å². The van der Waals surface area contributed by atoms with Crippen LogP contribution in [-0.4, -0.2) is 37.6 Å². The highest BCUT2D eigenvalue weighted by molar-refractivity contribution is 9.10. The molecule has 1 amide bonds. The summed E-state index contributed by atoms with van der Waals surface area (Å²) in [6.07, 6.45) is -4.50. The number of methoxy groups -OCH3 is 1. The molecular weight excluding hydrogens is 339 g/mol. The first-order valence-corrected chi connectivity index (χ1v) is 6.75. The van der Waals surface area contributed by atoms with Crippen LogP contribution in [-0.2, 0) is 10.9 Å². The fraction of sp³-hybridized carbons (Fsp3) is 0.462. The van der Waals surface area contributed by atoms with Crippen molar-refractivity contribution in [2.24, 2.45) is 0 Å². The van der Waals surface area contributed by atoms with Crippen molar-refractivity contribution in [1.82, 2.24) is 4.90 Å². The number of amides is 1. The van der Waals surface area contributed by atoms with Gasteiger partial charge in [0, 0.05) is 30.2 Å². The van der Waals surface area contributed by atoms with E-state index in [4.69, 9.17) is 4.74 Å². The minimum Gasteiger partial charge on any atom is -0.383 e. The number of ether oxygens (including phenoxy) is 1. The molecule has 0 atom stereocenters. The molecule has 1 rings (SSSR count). The van der Waals surface area contributed by atoms with Gasteiger partial charge in [0.05, 0.1) is 12.2 Å². The monoisotopic (exact) mass is 353 g/mol. The third-order valence-electron chi connectivity index (χ3n) is 2.75. The lowest BCUT2D eigenvalue weighted by Crippen LogP contribution is -2.33. The second kappa shape index (κ2) is 7.08. The Bertz CT molecular complexity index is 477. The maximum atomic E-state index is 12.8. The summed E-state index contributed by atoms with van der Waals surface area (Å²) >= 11 is 2.85. The molecule has 112 valence electrons. The maximum absolute atomic E-state index is 12.8. The van der Waals surface area contributed by atoms with Gasteiger partial charge in [-0.1, -0.05) is 15.9 Å². The Balaban J connectivity index is 3.04. The number of carbonyl (C=O) groups excluding carboxylic acids is 1. The minimum atomic E-state index is -4.50. The zero-order valence-electron chi connectivity index (χ0n) is 11.1. The molecule has 0 aliphatic heterocycles. The van der Waals surface area contributed by atoms with Crippen molar-refractivity contribution in [3.05, 3.63) is 33.8 Å². The standard InChI is InChI=1S/C13H15BrF3NO2/c1-3-18(6-7-20-2)12(19)9-4-5-11(14)10(8-9)13(15,16)17/h4-5,8H,3,6-7H2,1-2H3. The van der Waals surface area contributed by atoms with Gasteiger partial charge in [0.15, 0.2) is 0 Å². The van der Waals surface area contributed by atoms with Gasteiger partial charge in [-0.05, 0) is 25.1 Å². The topological polar surface area (TPSA) is 29.5 Å². The number of hydrogen-bond acceptors (Lipinski definition) is 2. The molecule has 0 N–H and O–H groups in total. The number of alkyl halides is 3. The lowest BCUT2D eigenvalue weighted by Gasteiger charge is -2.21. The quantitative estimate of drug-likeness (QED) is 0.809. The first-order chi connectivity index (χ1) is 9.31. The summed E-state index contributed by atoms with van der Waals surface area (Å²) < 4.78 is 43.2. The highest BCUT2D eigenvalue weighted by atomic mass is 79.9. The lowest BCUT2D eigenvalue weighted by molar-refractivity contribution is -0.138. The Morgan fingerprint density at radius 1 is 1.40 bits per heavy atom. The van der Waals surface area contributed by atoms with Gasteiger partial charge in [-0.2, -0.15) is 13.2 Å². The molecule has 1 aromatic rings. The summed E-state index contributed by atoms with van der Waals surface area (Å²) in [4.78, 5) is 13.6. The van der Waals surface area contributed by atoms with Gasteiger partial charge in [0.25, 0.3) is 5.91 Å². The number of carbonyl (C=O) groups is 1. The fourth-order valence-corrected chi connectivity index (χ4v) is 2.13. The molecule has 0 heterocycles. The van der Waals surface area contributed by atoms with Crippen LogP contribution in [0.1, 0.15) is 22.8 Å². The van der Waals surface area contributed by atoms with E-state index in [0.29, 0.717) is 19.7 Å². The SMILES string of the molecule is CCN(CCOC)C(=O)c1ccc(Br)c(C(F)(F)F)c1. The molecule has 0 aliphatic carbocycles. The Labute approximate surface area is 123 Å². The Kier molecular flexibility index (Phi) is 6.01. The molecule has 0 unspecified atom stereocenters. The van der Waals surface area contributed by atoms with Gasteiger partial charge < -0.3 is 9.64 Å². The predicted octanol–water partition coefficient (Wildman–Crippen LogP) is 3.58. The average Bonchev–Trinajstić information content (AvgIpc) is 2.38. The number of hydrogen-bond donors (Lipinski definition) is 0. The van der Waals surface area contributed by atoms with E-state index >= 15 is 0 Å². The van der Waals surface area contributed by atoms with Crippen molar-refractivity contribution in [1.29, 1.82) is 0 Å². The number of halogens is 4. The molecular formula is C13H15BrF3NO2. The van der Waals surface area contributed by atoms with E-state index in [9.17, 15) is 18.0 Å². The molecule has 0 radical (unpaired) electrons. The van der Waals surface area contributed by atoms with Crippen LogP contribution >= 0.6 is 15.9 Å². The highest BCUT2D eigenvalue weighted by Crippen LogP contribution is 2.35. The van der Waals surface area contributed by atoms with Crippen molar-refractivity contribution >= 4 is 21.8 Å². The summed E-state index contributed by atoms with van der Waals surface area (Å²) in [5.41, 5.74) is -0.843. The zero-order valence-corrected chi connectivity index (χ0v) is 12.7. The smallest absolute Gasteiger partial charge is 0.383 e. The van der Waals surface area contributed by atoms with Crippen LogP contribution in [0.5, 0.6) is 0 Å². The van der Waals surface area contributed by atoms with E-state index in [1.54, 1.807) is 6.92 Å². The van der Waals surface area contributed by atoms with Crippen LogP contribution in [0.4, 0.5) is 13.2 Å². The van der Waals surface area contributed by atoms with Crippen LogP contribution in [0.25, 0.3) is 0 Å². The molecule has 0 aliphatic rings. The zero-order chi connectivity index (χ0) is 15.3. The molecule has 0 saturated heterocycles. The fourth-order valence-electron chi connectivity index (χ4n) is 1.66. The molecule has 7 heteroatoms. The highest BCUT2D eigenvalue weighted by Gasteiger charge is 2.33.